The Labute approximate surface area is 157 Å². The van der Waals surface area contributed by atoms with E-state index in [1.54, 1.807) is 0 Å². The third kappa shape index (κ3) is 3.69. The van der Waals surface area contributed by atoms with Gasteiger partial charge in [-0.1, -0.05) is 0 Å². The Bertz CT molecular complexity index is 1080. The van der Waals surface area contributed by atoms with Crippen LogP contribution in [0.5, 0.6) is 0 Å². The molecule has 6 heteroatoms. The molecule has 4 aromatic rings. The molecular weight excluding hydrogens is 338 g/mol. The van der Waals surface area contributed by atoms with Gasteiger partial charge in [-0.15, -0.1) is 0 Å². The van der Waals surface area contributed by atoms with Crippen LogP contribution in [0.1, 0.15) is 6.92 Å². The molecule has 134 valence electrons. The van der Waals surface area contributed by atoms with E-state index in [1.165, 1.54) is 0 Å². The van der Waals surface area contributed by atoms with Crippen molar-refractivity contribution in [3.63, 3.8) is 0 Å². The largest absolute Gasteiger partial charge is 0.411 e. The maximum absolute atomic E-state index is 5.84. The Kier molecular flexibility index (Phi) is 4.61. The molecule has 27 heavy (non-hydrogen) atoms. The van der Waals surface area contributed by atoms with Gasteiger partial charge in [0.15, 0.2) is 0 Å². The van der Waals surface area contributed by atoms with Crippen LogP contribution in [0.2, 0.25) is 0 Å². The van der Waals surface area contributed by atoms with Crippen molar-refractivity contribution >= 4 is 28.3 Å². The highest BCUT2D eigenvalue weighted by molar-refractivity contribution is 5.69. The Morgan fingerprint density at radius 1 is 0.963 bits per heavy atom. The molecule has 0 aliphatic carbocycles. The molecule has 6 nitrogen and oxygen atoms in total. The molecule has 0 fully saturated rings. The maximum atomic E-state index is 5.84. The van der Waals surface area contributed by atoms with Crippen LogP contribution in [0, 0.1) is 0 Å². The number of hydrogen-bond acceptors (Lipinski definition) is 5. The van der Waals surface area contributed by atoms with Gasteiger partial charge in [0.2, 0.25) is 5.58 Å². The van der Waals surface area contributed by atoms with E-state index < -0.39 is 0 Å². The van der Waals surface area contributed by atoms with Crippen LogP contribution in [0.4, 0.5) is 17.1 Å². The minimum absolute atomic E-state index is 0.592. The second-order valence-electron chi connectivity index (χ2n) is 6.15. The highest BCUT2D eigenvalue weighted by Crippen LogP contribution is 2.26. The van der Waals surface area contributed by atoms with Crippen LogP contribution < -0.4 is 9.88 Å². The SMILES string of the molecule is CCNc1ccc(N=Nc2ccc(-c3nc4c(ccc[n+]4C)o3)cc2)cc1. The van der Waals surface area contributed by atoms with Crippen molar-refractivity contribution in [1.29, 1.82) is 0 Å². The number of hydrogen-bond donors (Lipinski definition) is 1. The molecule has 2 aromatic heterocycles. The molecule has 0 bridgehead atoms. The first-order valence-corrected chi connectivity index (χ1v) is 8.84. The number of fused-ring (bicyclic) bond motifs is 1. The predicted molar refractivity (Wildman–Crippen MR) is 105 cm³/mol. The molecule has 2 heterocycles. The number of rotatable bonds is 5. The molecule has 4 rings (SSSR count). The summed E-state index contributed by atoms with van der Waals surface area (Å²) in [7, 11) is 1.95. The minimum atomic E-state index is 0.592. The van der Waals surface area contributed by atoms with Crippen LogP contribution >= 0.6 is 0 Å². The van der Waals surface area contributed by atoms with E-state index >= 15 is 0 Å². The van der Waals surface area contributed by atoms with Gasteiger partial charge in [0, 0.05) is 17.2 Å². The molecule has 0 atom stereocenters. The summed E-state index contributed by atoms with van der Waals surface area (Å²) >= 11 is 0. The number of pyridine rings is 1. The first-order chi connectivity index (χ1) is 13.2. The zero-order valence-electron chi connectivity index (χ0n) is 15.3. The van der Waals surface area contributed by atoms with E-state index in [0.717, 1.165) is 40.4 Å². The number of benzene rings is 2. The average Bonchev–Trinajstić information content (AvgIpc) is 3.14. The second kappa shape index (κ2) is 7.37. The van der Waals surface area contributed by atoms with Gasteiger partial charge in [0.05, 0.1) is 30.2 Å². The van der Waals surface area contributed by atoms with Crippen molar-refractivity contribution in [2.24, 2.45) is 17.3 Å². The van der Waals surface area contributed by atoms with Gasteiger partial charge >= 0.3 is 11.5 Å². The van der Waals surface area contributed by atoms with Crippen LogP contribution in [0.3, 0.4) is 0 Å². The molecule has 0 radical (unpaired) electrons. The van der Waals surface area contributed by atoms with Crippen molar-refractivity contribution in [2.75, 3.05) is 11.9 Å². The van der Waals surface area contributed by atoms with Crippen molar-refractivity contribution in [2.45, 2.75) is 6.92 Å². The van der Waals surface area contributed by atoms with Crippen LogP contribution in [0.25, 0.3) is 22.7 Å². The van der Waals surface area contributed by atoms with E-state index in [-0.39, 0.29) is 0 Å². The Morgan fingerprint density at radius 2 is 1.63 bits per heavy atom. The zero-order chi connectivity index (χ0) is 18.6. The summed E-state index contributed by atoms with van der Waals surface area (Å²) in [6, 6.07) is 19.4. The predicted octanol–water partition coefficient (Wildman–Crippen LogP) is 5.17. The minimum Gasteiger partial charge on any atom is -0.411 e. The molecule has 0 saturated carbocycles. The Morgan fingerprint density at radius 3 is 2.26 bits per heavy atom. The van der Waals surface area contributed by atoms with Gasteiger partial charge in [-0.25, -0.2) is 4.57 Å². The van der Waals surface area contributed by atoms with Gasteiger partial charge in [0.25, 0.3) is 0 Å². The smallest absolute Gasteiger partial charge is 0.370 e. The van der Waals surface area contributed by atoms with E-state index in [0.29, 0.717) is 5.89 Å². The zero-order valence-corrected chi connectivity index (χ0v) is 15.3. The number of nitrogens with zero attached hydrogens (tertiary/aromatic N) is 4. The summed E-state index contributed by atoms with van der Waals surface area (Å²) < 4.78 is 7.78. The normalized spacial score (nSPS) is 11.3. The third-order valence-corrected chi connectivity index (χ3v) is 4.17. The van der Waals surface area contributed by atoms with Gasteiger partial charge in [-0.2, -0.15) is 10.2 Å². The number of azo groups is 1. The van der Waals surface area contributed by atoms with E-state index in [9.17, 15) is 0 Å². The highest BCUT2D eigenvalue weighted by atomic mass is 16.3. The molecule has 0 aliphatic rings. The third-order valence-electron chi connectivity index (χ3n) is 4.17. The topological polar surface area (TPSA) is 66.7 Å². The molecule has 0 saturated heterocycles. The van der Waals surface area contributed by atoms with Gasteiger partial charge < -0.3 is 9.73 Å². The fourth-order valence-electron chi connectivity index (χ4n) is 2.77. The summed E-state index contributed by atoms with van der Waals surface area (Å²) in [5, 5.41) is 11.8. The highest BCUT2D eigenvalue weighted by Gasteiger charge is 2.18. The lowest BCUT2D eigenvalue weighted by Crippen LogP contribution is -2.27. The summed E-state index contributed by atoms with van der Waals surface area (Å²) in [6.45, 7) is 2.96. The van der Waals surface area contributed by atoms with Crippen LogP contribution in [-0.2, 0) is 7.05 Å². The van der Waals surface area contributed by atoms with E-state index in [1.807, 2.05) is 78.5 Å². The van der Waals surface area contributed by atoms with Crippen LogP contribution in [-0.4, -0.2) is 11.5 Å². The lowest BCUT2D eigenvalue weighted by Gasteiger charge is -2.01. The fraction of sp³-hybridized carbons (Fsp3) is 0.143. The van der Waals surface area contributed by atoms with Crippen LogP contribution in [0.15, 0.2) is 81.5 Å². The lowest BCUT2D eigenvalue weighted by atomic mass is 10.2. The summed E-state index contributed by atoms with van der Waals surface area (Å²) in [5.41, 5.74) is 5.15. The van der Waals surface area contributed by atoms with Crippen molar-refractivity contribution in [3.05, 3.63) is 66.9 Å². The van der Waals surface area contributed by atoms with Crippen molar-refractivity contribution in [1.82, 2.24) is 4.98 Å². The summed E-state index contributed by atoms with van der Waals surface area (Å²) in [6.07, 6.45) is 1.95. The second-order valence-corrected chi connectivity index (χ2v) is 6.15. The number of anilines is 1. The first-order valence-electron chi connectivity index (χ1n) is 8.84. The quantitative estimate of drug-likeness (QED) is 0.395. The first kappa shape index (κ1) is 16.9. The molecule has 1 N–H and O–H groups in total. The fourth-order valence-corrected chi connectivity index (χ4v) is 2.77. The lowest BCUT2D eigenvalue weighted by molar-refractivity contribution is -0.646. The molecule has 0 amide bonds. The Balaban J connectivity index is 1.52. The Hall–Kier alpha value is -3.54. The monoisotopic (exact) mass is 358 g/mol. The van der Waals surface area contributed by atoms with E-state index in [4.69, 9.17) is 4.42 Å². The van der Waals surface area contributed by atoms with E-state index in [2.05, 4.69) is 27.5 Å². The molecule has 0 aliphatic heterocycles. The maximum Gasteiger partial charge on any atom is 0.370 e. The van der Waals surface area contributed by atoms with Crippen molar-refractivity contribution in [3.8, 4) is 11.5 Å². The molecular formula is C21H20N5O+. The average molecular weight is 358 g/mol. The summed E-state index contributed by atoms with van der Waals surface area (Å²) in [4.78, 5) is 4.57. The number of aromatic nitrogens is 2. The number of oxazole rings is 1. The van der Waals surface area contributed by atoms with Gasteiger partial charge in [-0.3, -0.25) is 0 Å². The standard InChI is InChI=1S/C21H19N5O/c1-3-22-16-10-12-18(13-11-16)25-24-17-8-6-15(7-9-17)21-23-20-19(27-21)5-4-14-26(20)2/h4-14H,3H2,1-2H3/p+1. The van der Waals surface area contributed by atoms with Gasteiger partial charge in [-0.05, 0) is 67.6 Å². The number of nitrogens with one attached hydrogen (secondary N) is 1. The molecule has 0 spiro atoms. The van der Waals surface area contributed by atoms with Gasteiger partial charge in [0.1, 0.15) is 0 Å². The molecule has 0 unspecified atom stereocenters. The number of aryl methyl sites for hydroxylation is 1. The molecule has 2 aromatic carbocycles. The summed E-state index contributed by atoms with van der Waals surface area (Å²) in [5.74, 6) is 0.592. The van der Waals surface area contributed by atoms with Crippen molar-refractivity contribution < 1.29 is 8.98 Å².